The molecule has 1 aromatic rings. The van der Waals surface area contributed by atoms with Crippen LogP contribution in [0.25, 0.3) is 0 Å². The highest BCUT2D eigenvalue weighted by Gasteiger charge is 2.25. The third-order valence-corrected chi connectivity index (χ3v) is 3.64. The quantitative estimate of drug-likeness (QED) is 0.871. The van der Waals surface area contributed by atoms with Crippen LogP contribution in [0.1, 0.15) is 11.6 Å². The molecular formula is C14H22FN3. The topological polar surface area (TPSA) is 18.5 Å². The van der Waals surface area contributed by atoms with Gasteiger partial charge in [-0.2, -0.15) is 0 Å². The Balaban J connectivity index is 2.15. The van der Waals surface area contributed by atoms with E-state index in [9.17, 15) is 4.39 Å². The second-order valence-corrected chi connectivity index (χ2v) is 4.93. The Bertz CT molecular complexity index is 375. The standard InChI is InChI=1S/C14H22FN3/c1-16-11-14(12-5-3-4-6-13(12)15)18-9-7-17(2)8-10-18/h3-6,14,16H,7-11H2,1-2H3. The highest BCUT2D eigenvalue weighted by Crippen LogP contribution is 2.23. The Morgan fingerprint density at radius 3 is 2.50 bits per heavy atom. The zero-order valence-electron chi connectivity index (χ0n) is 11.2. The number of likely N-dealkylation sites (N-methyl/N-ethyl adjacent to an activating group) is 2. The largest absolute Gasteiger partial charge is 0.318 e. The molecule has 3 nitrogen and oxygen atoms in total. The van der Waals surface area contributed by atoms with Crippen LogP contribution in [0.15, 0.2) is 24.3 Å². The molecule has 0 radical (unpaired) electrons. The summed E-state index contributed by atoms with van der Waals surface area (Å²) in [5, 5.41) is 3.18. The minimum absolute atomic E-state index is 0.100. The average molecular weight is 251 g/mol. The van der Waals surface area contributed by atoms with Crippen LogP contribution in [0.3, 0.4) is 0 Å². The molecule has 0 aliphatic carbocycles. The van der Waals surface area contributed by atoms with Crippen molar-refractivity contribution in [1.82, 2.24) is 15.1 Å². The summed E-state index contributed by atoms with van der Waals surface area (Å²) in [6, 6.07) is 7.24. The van der Waals surface area contributed by atoms with Gasteiger partial charge in [-0.05, 0) is 20.2 Å². The van der Waals surface area contributed by atoms with Crippen LogP contribution in [0.2, 0.25) is 0 Å². The first-order chi connectivity index (χ1) is 8.72. The molecule has 100 valence electrons. The molecule has 1 aromatic carbocycles. The van der Waals surface area contributed by atoms with E-state index in [1.165, 1.54) is 0 Å². The molecule has 1 unspecified atom stereocenters. The fraction of sp³-hybridized carbons (Fsp3) is 0.571. The molecule has 18 heavy (non-hydrogen) atoms. The SMILES string of the molecule is CNCC(c1ccccc1F)N1CCN(C)CC1. The molecule has 1 atom stereocenters. The number of benzene rings is 1. The molecule has 0 aromatic heterocycles. The predicted octanol–water partition coefficient (Wildman–Crippen LogP) is 1.33. The smallest absolute Gasteiger partial charge is 0.128 e. The van der Waals surface area contributed by atoms with Crippen molar-refractivity contribution in [2.45, 2.75) is 6.04 Å². The third kappa shape index (κ3) is 3.07. The second kappa shape index (κ2) is 6.27. The third-order valence-electron chi connectivity index (χ3n) is 3.64. The van der Waals surface area contributed by atoms with Gasteiger partial charge in [0.1, 0.15) is 5.82 Å². The van der Waals surface area contributed by atoms with Crippen LogP contribution >= 0.6 is 0 Å². The van der Waals surface area contributed by atoms with Gasteiger partial charge in [0.05, 0.1) is 6.04 Å². The maximum Gasteiger partial charge on any atom is 0.128 e. The Morgan fingerprint density at radius 2 is 1.89 bits per heavy atom. The van der Waals surface area contributed by atoms with E-state index in [1.807, 2.05) is 19.2 Å². The summed E-state index contributed by atoms with van der Waals surface area (Å²) in [6.45, 7) is 4.88. The van der Waals surface area contributed by atoms with Gasteiger partial charge >= 0.3 is 0 Å². The van der Waals surface area contributed by atoms with Crippen molar-refractivity contribution in [3.05, 3.63) is 35.6 Å². The van der Waals surface area contributed by atoms with E-state index >= 15 is 0 Å². The molecule has 0 spiro atoms. The van der Waals surface area contributed by atoms with Crippen molar-refractivity contribution in [2.75, 3.05) is 46.8 Å². The maximum absolute atomic E-state index is 13.9. The summed E-state index contributed by atoms with van der Waals surface area (Å²) in [5.41, 5.74) is 0.802. The molecule has 1 N–H and O–H groups in total. The zero-order valence-corrected chi connectivity index (χ0v) is 11.2. The van der Waals surface area contributed by atoms with E-state index in [0.29, 0.717) is 0 Å². The summed E-state index contributed by atoms with van der Waals surface area (Å²) in [6.07, 6.45) is 0. The van der Waals surface area contributed by atoms with Crippen molar-refractivity contribution >= 4 is 0 Å². The molecule has 4 heteroatoms. The zero-order chi connectivity index (χ0) is 13.0. The van der Waals surface area contributed by atoms with E-state index in [1.54, 1.807) is 12.1 Å². The van der Waals surface area contributed by atoms with E-state index in [2.05, 4.69) is 22.2 Å². The van der Waals surface area contributed by atoms with Gasteiger partial charge in [-0.1, -0.05) is 18.2 Å². The van der Waals surface area contributed by atoms with Crippen LogP contribution in [-0.2, 0) is 0 Å². The Morgan fingerprint density at radius 1 is 1.22 bits per heavy atom. The van der Waals surface area contributed by atoms with Crippen LogP contribution in [0.5, 0.6) is 0 Å². The lowest BCUT2D eigenvalue weighted by atomic mass is 10.0. The first-order valence-electron chi connectivity index (χ1n) is 6.54. The Labute approximate surface area is 109 Å². The van der Waals surface area contributed by atoms with Crippen molar-refractivity contribution in [3.63, 3.8) is 0 Å². The first kappa shape index (κ1) is 13.5. The van der Waals surface area contributed by atoms with E-state index in [4.69, 9.17) is 0 Å². The second-order valence-electron chi connectivity index (χ2n) is 4.93. The number of hydrogen-bond acceptors (Lipinski definition) is 3. The minimum Gasteiger partial charge on any atom is -0.318 e. The van der Waals surface area contributed by atoms with E-state index in [-0.39, 0.29) is 11.9 Å². The predicted molar refractivity (Wildman–Crippen MR) is 72.1 cm³/mol. The fourth-order valence-corrected chi connectivity index (χ4v) is 2.51. The molecule has 1 saturated heterocycles. The van der Waals surface area contributed by atoms with Crippen molar-refractivity contribution in [3.8, 4) is 0 Å². The van der Waals surface area contributed by atoms with Crippen LogP contribution in [-0.4, -0.2) is 56.6 Å². The van der Waals surface area contributed by atoms with Gasteiger partial charge in [0, 0.05) is 38.3 Å². The minimum atomic E-state index is -0.100. The molecule has 0 saturated carbocycles. The number of nitrogens with one attached hydrogen (secondary N) is 1. The van der Waals surface area contributed by atoms with E-state index < -0.39 is 0 Å². The molecule has 1 heterocycles. The van der Waals surface area contributed by atoms with Gasteiger partial charge in [-0.25, -0.2) is 4.39 Å². The van der Waals surface area contributed by atoms with Crippen LogP contribution in [0.4, 0.5) is 4.39 Å². The normalized spacial score (nSPS) is 19.9. The monoisotopic (exact) mass is 251 g/mol. The maximum atomic E-state index is 13.9. The summed E-state index contributed by atoms with van der Waals surface area (Å²) < 4.78 is 13.9. The molecule has 1 fully saturated rings. The first-order valence-corrected chi connectivity index (χ1v) is 6.54. The average Bonchev–Trinajstić information content (AvgIpc) is 2.38. The van der Waals surface area contributed by atoms with E-state index in [0.717, 1.165) is 38.3 Å². The Hall–Kier alpha value is -0.970. The molecule has 2 rings (SSSR count). The summed E-state index contributed by atoms with van der Waals surface area (Å²) in [5.74, 6) is -0.100. The number of rotatable bonds is 4. The Kier molecular flexibility index (Phi) is 4.69. The lowest BCUT2D eigenvalue weighted by Crippen LogP contribution is -2.48. The number of nitrogens with zero attached hydrogens (tertiary/aromatic N) is 2. The number of halogens is 1. The lowest BCUT2D eigenvalue weighted by Gasteiger charge is -2.38. The van der Waals surface area contributed by atoms with Gasteiger partial charge in [0.25, 0.3) is 0 Å². The van der Waals surface area contributed by atoms with Gasteiger partial charge < -0.3 is 10.2 Å². The van der Waals surface area contributed by atoms with Crippen LogP contribution < -0.4 is 5.32 Å². The number of hydrogen-bond donors (Lipinski definition) is 1. The van der Waals surface area contributed by atoms with Gasteiger partial charge in [0.15, 0.2) is 0 Å². The van der Waals surface area contributed by atoms with Crippen molar-refractivity contribution in [1.29, 1.82) is 0 Å². The number of piperazine rings is 1. The summed E-state index contributed by atoms with van der Waals surface area (Å²) >= 11 is 0. The summed E-state index contributed by atoms with van der Waals surface area (Å²) in [4.78, 5) is 4.68. The highest BCUT2D eigenvalue weighted by molar-refractivity contribution is 5.22. The molecule has 0 amide bonds. The van der Waals surface area contributed by atoms with Crippen LogP contribution in [0, 0.1) is 5.82 Å². The molecular weight excluding hydrogens is 229 g/mol. The summed E-state index contributed by atoms with van der Waals surface area (Å²) in [7, 11) is 4.05. The lowest BCUT2D eigenvalue weighted by molar-refractivity contribution is 0.109. The van der Waals surface area contributed by atoms with Gasteiger partial charge in [0.2, 0.25) is 0 Å². The fourth-order valence-electron chi connectivity index (χ4n) is 2.51. The van der Waals surface area contributed by atoms with Crippen molar-refractivity contribution < 1.29 is 4.39 Å². The molecule has 0 bridgehead atoms. The van der Waals surface area contributed by atoms with Gasteiger partial charge in [-0.15, -0.1) is 0 Å². The van der Waals surface area contributed by atoms with Crippen molar-refractivity contribution in [2.24, 2.45) is 0 Å². The highest BCUT2D eigenvalue weighted by atomic mass is 19.1. The van der Waals surface area contributed by atoms with Gasteiger partial charge in [-0.3, -0.25) is 4.90 Å². The molecule has 1 aliphatic heterocycles. The molecule has 1 aliphatic rings.